The molecule has 0 aliphatic carbocycles. The second kappa shape index (κ2) is 10.2. The maximum Gasteiger partial charge on any atom is 0.254 e. The third kappa shape index (κ3) is 5.70. The number of nitrogens with two attached hydrogens (primary N) is 1. The standard InChI is InChI=1S/C22H22N8O4S/c1-2-35(32,33)30-16-7-6-14(11-17(16)34-13-15-5-3-4-8-25-15)20-19(21(23)31)22(29-28-20)27-18-12-24-9-10-26-18/h3-12,30H,2,13H2,1H3,(H2,23,31)(H2,26,27,28,29). The summed E-state index contributed by atoms with van der Waals surface area (Å²) in [6.45, 7) is 1.62. The lowest BCUT2D eigenvalue weighted by Gasteiger charge is -2.14. The fraction of sp³-hybridized carbons (Fsp3) is 0.136. The number of nitrogens with zero attached hydrogens (tertiary/aromatic N) is 4. The summed E-state index contributed by atoms with van der Waals surface area (Å²) in [7, 11) is -3.57. The summed E-state index contributed by atoms with van der Waals surface area (Å²) in [5.41, 5.74) is 7.44. The number of amides is 1. The molecular formula is C22H22N8O4S. The maximum absolute atomic E-state index is 12.3. The smallest absolute Gasteiger partial charge is 0.254 e. The van der Waals surface area contributed by atoms with Crippen LogP contribution in [0.1, 0.15) is 23.0 Å². The normalized spacial score (nSPS) is 11.1. The van der Waals surface area contributed by atoms with Crippen molar-refractivity contribution in [2.75, 3.05) is 15.8 Å². The van der Waals surface area contributed by atoms with Crippen LogP contribution in [0, 0.1) is 0 Å². The Kier molecular flexibility index (Phi) is 6.87. The van der Waals surface area contributed by atoms with Crippen molar-refractivity contribution in [3.8, 4) is 17.0 Å². The molecule has 0 unspecified atom stereocenters. The summed E-state index contributed by atoms with van der Waals surface area (Å²) in [6.07, 6.45) is 6.10. The largest absolute Gasteiger partial charge is 0.485 e. The van der Waals surface area contributed by atoms with Gasteiger partial charge >= 0.3 is 0 Å². The quantitative estimate of drug-likeness (QED) is 0.258. The Labute approximate surface area is 201 Å². The van der Waals surface area contributed by atoms with Crippen LogP contribution >= 0.6 is 0 Å². The zero-order valence-corrected chi connectivity index (χ0v) is 19.4. The van der Waals surface area contributed by atoms with Gasteiger partial charge in [-0.25, -0.2) is 13.4 Å². The van der Waals surface area contributed by atoms with Gasteiger partial charge in [0.2, 0.25) is 10.0 Å². The molecule has 0 aliphatic rings. The van der Waals surface area contributed by atoms with Gasteiger partial charge in [-0.3, -0.25) is 24.6 Å². The van der Waals surface area contributed by atoms with Crippen LogP contribution in [0.25, 0.3) is 11.3 Å². The van der Waals surface area contributed by atoms with E-state index in [0.29, 0.717) is 22.8 Å². The van der Waals surface area contributed by atoms with E-state index in [9.17, 15) is 13.2 Å². The van der Waals surface area contributed by atoms with Gasteiger partial charge < -0.3 is 15.8 Å². The molecule has 13 heteroatoms. The summed E-state index contributed by atoms with van der Waals surface area (Å²) in [5.74, 6) is -0.0694. The minimum Gasteiger partial charge on any atom is -0.485 e. The Morgan fingerprint density at radius 1 is 1.14 bits per heavy atom. The van der Waals surface area contributed by atoms with E-state index in [1.165, 1.54) is 31.6 Å². The fourth-order valence-electron chi connectivity index (χ4n) is 3.12. The first-order valence-electron chi connectivity index (χ1n) is 10.4. The predicted octanol–water partition coefficient (Wildman–Crippen LogP) is 2.44. The minimum atomic E-state index is -3.57. The lowest BCUT2D eigenvalue weighted by molar-refractivity contribution is 0.100. The number of aromatic amines is 1. The van der Waals surface area contributed by atoms with Gasteiger partial charge in [-0.15, -0.1) is 0 Å². The summed E-state index contributed by atoms with van der Waals surface area (Å²) in [5, 5.41) is 9.87. The Hall–Kier alpha value is -4.52. The molecule has 1 aromatic carbocycles. The van der Waals surface area contributed by atoms with Crippen molar-refractivity contribution in [2.45, 2.75) is 13.5 Å². The highest BCUT2D eigenvalue weighted by atomic mass is 32.2. The number of hydrogen-bond donors (Lipinski definition) is 4. The van der Waals surface area contributed by atoms with Crippen molar-refractivity contribution in [1.82, 2.24) is 25.1 Å². The number of carbonyl (C=O) groups excluding carboxylic acids is 1. The van der Waals surface area contributed by atoms with Crippen LogP contribution in [-0.4, -0.2) is 45.2 Å². The third-order valence-electron chi connectivity index (χ3n) is 4.84. The van der Waals surface area contributed by atoms with Gasteiger partial charge in [0, 0.05) is 24.2 Å². The molecule has 4 aromatic rings. The highest BCUT2D eigenvalue weighted by molar-refractivity contribution is 7.92. The van der Waals surface area contributed by atoms with E-state index >= 15 is 0 Å². The molecule has 12 nitrogen and oxygen atoms in total. The fourth-order valence-corrected chi connectivity index (χ4v) is 3.77. The highest BCUT2D eigenvalue weighted by Gasteiger charge is 2.22. The zero-order valence-electron chi connectivity index (χ0n) is 18.6. The van der Waals surface area contributed by atoms with Gasteiger partial charge in [0.15, 0.2) is 5.82 Å². The molecule has 0 radical (unpaired) electrons. The topological polar surface area (TPSA) is 178 Å². The van der Waals surface area contributed by atoms with Crippen LogP contribution < -0.4 is 20.5 Å². The van der Waals surface area contributed by atoms with E-state index < -0.39 is 15.9 Å². The number of nitrogens with one attached hydrogen (secondary N) is 3. The van der Waals surface area contributed by atoms with Gasteiger partial charge in [-0.05, 0) is 31.2 Å². The number of aromatic nitrogens is 5. The third-order valence-corrected chi connectivity index (χ3v) is 6.13. The zero-order chi connectivity index (χ0) is 24.8. The molecule has 1 amide bonds. The number of rotatable bonds is 10. The number of benzene rings is 1. The van der Waals surface area contributed by atoms with Crippen LogP contribution in [0.3, 0.4) is 0 Å². The number of sulfonamides is 1. The van der Waals surface area contributed by atoms with Gasteiger partial charge in [-0.1, -0.05) is 12.1 Å². The highest BCUT2D eigenvalue weighted by Crippen LogP contribution is 2.35. The van der Waals surface area contributed by atoms with Crippen molar-refractivity contribution in [2.24, 2.45) is 5.73 Å². The predicted molar refractivity (Wildman–Crippen MR) is 130 cm³/mol. The van der Waals surface area contributed by atoms with Crippen molar-refractivity contribution < 1.29 is 17.9 Å². The molecule has 4 rings (SSSR count). The molecule has 5 N–H and O–H groups in total. The molecule has 0 saturated heterocycles. The average Bonchev–Trinajstić information content (AvgIpc) is 3.28. The molecule has 0 bridgehead atoms. The maximum atomic E-state index is 12.3. The molecule has 3 heterocycles. The molecular weight excluding hydrogens is 472 g/mol. The van der Waals surface area contributed by atoms with E-state index in [2.05, 4.69) is 35.2 Å². The van der Waals surface area contributed by atoms with Crippen LogP contribution in [-0.2, 0) is 16.6 Å². The van der Waals surface area contributed by atoms with E-state index in [4.69, 9.17) is 10.5 Å². The monoisotopic (exact) mass is 494 g/mol. The first-order valence-corrected chi connectivity index (χ1v) is 12.1. The van der Waals surface area contributed by atoms with Crippen molar-refractivity contribution in [3.63, 3.8) is 0 Å². The number of primary amides is 1. The van der Waals surface area contributed by atoms with Crippen LogP contribution in [0.4, 0.5) is 17.3 Å². The van der Waals surface area contributed by atoms with E-state index in [1.54, 1.807) is 30.5 Å². The number of H-pyrrole nitrogens is 1. The van der Waals surface area contributed by atoms with Gasteiger partial charge in [0.1, 0.15) is 23.7 Å². The molecule has 0 spiro atoms. The molecule has 3 aromatic heterocycles. The molecule has 0 fully saturated rings. The summed E-state index contributed by atoms with van der Waals surface area (Å²) in [4.78, 5) is 24.6. The van der Waals surface area contributed by atoms with Crippen LogP contribution in [0.2, 0.25) is 0 Å². The second-order valence-electron chi connectivity index (χ2n) is 7.23. The Morgan fingerprint density at radius 3 is 2.69 bits per heavy atom. The second-order valence-corrected chi connectivity index (χ2v) is 9.24. The van der Waals surface area contributed by atoms with Crippen molar-refractivity contribution >= 4 is 33.3 Å². The first-order chi connectivity index (χ1) is 16.9. The van der Waals surface area contributed by atoms with Crippen LogP contribution in [0.15, 0.2) is 61.2 Å². The number of ether oxygens (including phenoxy) is 1. The van der Waals surface area contributed by atoms with Gasteiger partial charge in [0.05, 0.1) is 29.0 Å². The summed E-state index contributed by atoms with van der Waals surface area (Å²) >= 11 is 0. The number of pyridine rings is 1. The van der Waals surface area contributed by atoms with E-state index in [0.717, 1.165) is 0 Å². The first kappa shape index (κ1) is 23.6. The molecule has 0 atom stereocenters. The van der Waals surface area contributed by atoms with E-state index in [-0.39, 0.29) is 35.2 Å². The number of anilines is 3. The Balaban J connectivity index is 1.72. The summed E-state index contributed by atoms with van der Waals surface area (Å²) in [6, 6.07) is 10.1. The number of carbonyl (C=O) groups is 1. The Bertz CT molecular complexity index is 1430. The summed E-state index contributed by atoms with van der Waals surface area (Å²) < 4.78 is 32.8. The SMILES string of the molecule is CCS(=O)(=O)Nc1ccc(-c2[nH]nc(Nc3cnccn3)c2C(N)=O)cc1OCc1ccccn1. The lowest BCUT2D eigenvalue weighted by atomic mass is 10.1. The molecule has 0 saturated carbocycles. The van der Waals surface area contributed by atoms with Crippen molar-refractivity contribution in [3.05, 3.63) is 72.4 Å². The molecule has 0 aliphatic heterocycles. The van der Waals surface area contributed by atoms with E-state index in [1.807, 2.05) is 6.07 Å². The van der Waals surface area contributed by atoms with Crippen molar-refractivity contribution in [1.29, 1.82) is 0 Å². The molecule has 35 heavy (non-hydrogen) atoms. The molecule has 180 valence electrons. The average molecular weight is 495 g/mol. The number of hydrogen-bond acceptors (Lipinski definition) is 9. The van der Waals surface area contributed by atoms with Crippen LogP contribution in [0.5, 0.6) is 5.75 Å². The lowest BCUT2D eigenvalue weighted by Crippen LogP contribution is -2.16. The van der Waals surface area contributed by atoms with Gasteiger partial charge in [0.25, 0.3) is 5.91 Å². The minimum absolute atomic E-state index is 0.0909. The van der Waals surface area contributed by atoms with Gasteiger partial charge in [-0.2, -0.15) is 5.10 Å². The Morgan fingerprint density at radius 2 is 2.00 bits per heavy atom.